The lowest BCUT2D eigenvalue weighted by molar-refractivity contribution is 0.0819. The van der Waals surface area contributed by atoms with E-state index in [2.05, 4.69) is 32.2 Å². The van der Waals surface area contributed by atoms with Crippen molar-refractivity contribution in [2.24, 2.45) is 5.92 Å². The second kappa shape index (κ2) is 8.59. The number of hydrogen-bond donors (Lipinski definition) is 2. The van der Waals surface area contributed by atoms with Gasteiger partial charge in [0.15, 0.2) is 0 Å². The maximum Gasteiger partial charge on any atom is 0.120 e. The van der Waals surface area contributed by atoms with Gasteiger partial charge in [0.05, 0.1) is 0 Å². The standard InChI is InChI=1S/C15H21BrN2O.2ClH/c16-12-4-5-14(19)13(10-12)15(11-2-1-3-11)18-8-6-17-7-9-18;;/h4-5,10-11,15,17,19H,1-3,6-9H2;2*1H/t15-;;/m0../s1. The Morgan fingerprint density at radius 3 is 2.43 bits per heavy atom. The number of aromatic hydroxyl groups is 1. The minimum Gasteiger partial charge on any atom is -0.508 e. The first-order chi connectivity index (χ1) is 9.25. The van der Waals surface area contributed by atoms with Crippen molar-refractivity contribution in [2.75, 3.05) is 26.2 Å². The van der Waals surface area contributed by atoms with Crippen LogP contribution in [0.3, 0.4) is 0 Å². The monoisotopic (exact) mass is 396 g/mol. The van der Waals surface area contributed by atoms with Gasteiger partial charge in [0.25, 0.3) is 0 Å². The van der Waals surface area contributed by atoms with Crippen LogP contribution in [0.2, 0.25) is 0 Å². The van der Waals surface area contributed by atoms with Gasteiger partial charge in [-0.15, -0.1) is 24.8 Å². The van der Waals surface area contributed by atoms with Gasteiger partial charge in [-0.1, -0.05) is 22.4 Å². The van der Waals surface area contributed by atoms with Crippen LogP contribution in [0.25, 0.3) is 0 Å². The fraction of sp³-hybridized carbons (Fsp3) is 0.600. The highest BCUT2D eigenvalue weighted by Gasteiger charge is 2.34. The lowest BCUT2D eigenvalue weighted by atomic mass is 9.76. The smallest absolute Gasteiger partial charge is 0.120 e. The van der Waals surface area contributed by atoms with Crippen LogP contribution >= 0.6 is 40.7 Å². The lowest BCUT2D eigenvalue weighted by Crippen LogP contribution is -2.47. The van der Waals surface area contributed by atoms with Gasteiger partial charge in [0, 0.05) is 42.3 Å². The molecule has 1 atom stereocenters. The molecule has 1 saturated heterocycles. The summed E-state index contributed by atoms with van der Waals surface area (Å²) in [6.45, 7) is 4.26. The van der Waals surface area contributed by atoms with Crippen molar-refractivity contribution in [1.29, 1.82) is 0 Å². The Kier molecular flexibility index (Phi) is 7.79. The summed E-state index contributed by atoms with van der Waals surface area (Å²) in [6.07, 6.45) is 3.92. The van der Waals surface area contributed by atoms with Crippen molar-refractivity contribution in [3.8, 4) is 5.75 Å². The molecule has 1 aromatic rings. The zero-order valence-corrected chi connectivity index (χ0v) is 15.1. The minimum absolute atomic E-state index is 0. The third-order valence-corrected chi connectivity index (χ3v) is 4.94. The molecule has 1 aromatic carbocycles. The molecule has 0 amide bonds. The highest BCUT2D eigenvalue weighted by atomic mass is 79.9. The van der Waals surface area contributed by atoms with Gasteiger partial charge < -0.3 is 10.4 Å². The van der Waals surface area contributed by atoms with Gasteiger partial charge in [-0.3, -0.25) is 4.90 Å². The summed E-state index contributed by atoms with van der Waals surface area (Å²) in [4.78, 5) is 2.54. The van der Waals surface area contributed by atoms with Crippen LogP contribution in [0.5, 0.6) is 5.75 Å². The molecule has 2 N–H and O–H groups in total. The zero-order chi connectivity index (χ0) is 13.2. The molecular weight excluding hydrogens is 375 g/mol. The fourth-order valence-corrected chi connectivity index (χ4v) is 3.61. The molecular formula is C15H23BrCl2N2O. The average molecular weight is 398 g/mol. The number of halogens is 3. The predicted octanol–water partition coefficient (Wildman–Crippen LogP) is 3.74. The van der Waals surface area contributed by atoms with Gasteiger partial charge in [0.2, 0.25) is 0 Å². The van der Waals surface area contributed by atoms with Crippen molar-refractivity contribution < 1.29 is 5.11 Å². The molecule has 0 aromatic heterocycles. The Morgan fingerprint density at radius 2 is 1.86 bits per heavy atom. The summed E-state index contributed by atoms with van der Waals surface area (Å²) in [5, 5.41) is 13.6. The Hall–Kier alpha value is -0.0000000000000000971. The van der Waals surface area contributed by atoms with Crippen LogP contribution < -0.4 is 5.32 Å². The summed E-state index contributed by atoms with van der Waals surface area (Å²) < 4.78 is 1.06. The molecule has 1 aliphatic heterocycles. The number of hydrogen-bond acceptors (Lipinski definition) is 3. The highest BCUT2D eigenvalue weighted by Crippen LogP contribution is 2.44. The van der Waals surface area contributed by atoms with E-state index in [-0.39, 0.29) is 24.8 Å². The molecule has 0 radical (unpaired) electrons. The van der Waals surface area contributed by atoms with E-state index in [9.17, 15) is 5.11 Å². The maximum atomic E-state index is 10.2. The number of nitrogens with one attached hydrogen (secondary N) is 1. The van der Waals surface area contributed by atoms with Crippen molar-refractivity contribution >= 4 is 40.7 Å². The quantitative estimate of drug-likeness (QED) is 0.815. The maximum absolute atomic E-state index is 10.2. The van der Waals surface area contributed by atoms with Gasteiger partial charge in [0.1, 0.15) is 5.75 Å². The van der Waals surface area contributed by atoms with Gasteiger partial charge in [-0.2, -0.15) is 0 Å². The molecule has 6 heteroatoms. The molecule has 2 aliphatic rings. The second-order valence-electron chi connectivity index (χ2n) is 5.62. The first-order valence-corrected chi connectivity index (χ1v) is 7.98. The molecule has 0 bridgehead atoms. The molecule has 120 valence electrons. The van der Waals surface area contributed by atoms with Crippen molar-refractivity contribution in [3.05, 3.63) is 28.2 Å². The number of phenols is 1. The average Bonchev–Trinajstić information content (AvgIpc) is 2.38. The summed E-state index contributed by atoms with van der Waals surface area (Å²) in [5.74, 6) is 1.15. The van der Waals surface area contributed by atoms with E-state index in [4.69, 9.17) is 0 Å². The van der Waals surface area contributed by atoms with Crippen LogP contribution in [0.1, 0.15) is 30.9 Å². The molecule has 3 rings (SSSR count). The van der Waals surface area contributed by atoms with Crippen LogP contribution in [-0.4, -0.2) is 36.2 Å². The second-order valence-corrected chi connectivity index (χ2v) is 6.54. The summed E-state index contributed by atoms with van der Waals surface area (Å²) >= 11 is 3.54. The molecule has 1 aliphatic carbocycles. The van der Waals surface area contributed by atoms with E-state index in [0.717, 1.165) is 36.2 Å². The Labute approximate surface area is 147 Å². The summed E-state index contributed by atoms with van der Waals surface area (Å²) in [6, 6.07) is 6.20. The zero-order valence-electron chi connectivity index (χ0n) is 11.9. The molecule has 21 heavy (non-hydrogen) atoms. The molecule has 3 nitrogen and oxygen atoms in total. The molecule has 0 spiro atoms. The van der Waals surface area contributed by atoms with E-state index in [1.165, 1.54) is 19.3 Å². The van der Waals surface area contributed by atoms with Crippen molar-refractivity contribution in [3.63, 3.8) is 0 Å². The first-order valence-electron chi connectivity index (χ1n) is 7.19. The van der Waals surface area contributed by atoms with Crippen LogP contribution in [0, 0.1) is 5.92 Å². The summed E-state index contributed by atoms with van der Waals surface area (Å²) in [5.41, 5.74) is 1.10. The molecule has 1 heterocycles. The number of phenolic OH excluding ortho intramolecular Hbond substituents is 1. The molecule has 1 saturated carbocycles. The van der Waals surface area contributed by atoms with Gasteiger partial charge in [-0.25, -0.2) is 0 Å². The van der Waals surface area contributed by atoms with Gasteiger partial charge in [-0.05, 0) is 37.0 Å². The predicted molar refractivity (Wildman–Crippen MR) is 94.8 cm³/mol. The SMILES string of the molecule is Cl.Cl.Oc1ccc(Br)cc1[C@H](C1CCC1)N1CCNCC1. The number of piperazine rings is 1. The fourth-order valence-electron chi connectivity index (χ4n) is 3.23. The Morgan fingerprint density at radius 1 is 1.19 bits per heavy atom. The largest absolute Gasteiger partial charge is 0.508 e. The third-order valence-electron chi connectivity index (χ3n) is 4.45. The van der Waals surface area contributed by atoms with Crippen LogP contribution in [0.4, 0.5) is 0 Å². The summed E-state index contributed by atoms with van der Waals surface area (Å²) in [7, 11) is 0. The lowest BCUT2D eigenvalue weighted by Gasteiger charge is -2.43. The Bertz CT molecular complexity index is 451. The third kappa shape index (κ3) is 4.26. The van der Waals surface area contributed by atoms with Crippen molar-refractivity contribution in [1.82, 2.24) is 10.2 Å². The van der Waals surface area contributed by atoms with Crippen LogP contribution in [0.15, 0.2) is 22.7 Å². The van der Waals surface area contributed by atoms with E-state index < -0.39 is 0 Å². The Balaban J connectivity index is 0.00000110. The number of benzene rings is 1. The minimum atomic E-state index is 0. The van der Waals surface area contributed by atoms with E-state index in [1.807, 2.05) is 12.1 Å². The molecule has 0 unspecified atom stereocenters. The van der Waals surface area contributed by atoms with Crippen molar-refractivity contribution in [2.45, 2.75) is 25.3 Å². The molecule has 2 fully saturated rings. The number of nitrogens with zero attached hydrogens (tertiary/aromatic N) is 1. The van der Waals surface area contributed by atoms with E-state index in [0.29, 0.717) is 17.7 Å². The topological polar surface area (TPSA) is 35.5 Å². The normalized spacial score (nSPS) is 20.8. The number of rotatable bonds is 3. The van der Waals surface area contributed by atoms with E-state index in [1.54, 1.807) is 0 Å². The highest BCUT2D eigenvalue weighted by molar-refractivity contribution is 9.10. The van der Waals surface area contributed by atoms with E-state index >= 15 is 0 Å². The van der Waals surface area contributed by atoms with Gasteiger partial charge >= 0.3 is 0 Å². The first kappa shape index (κ1) is 19.0. The van der Waals surface area contributed by atoms with Crippen LogP contribution in [-0.2, 0) is 0 Å².